The highest BCUT2D eigenvalue weighted by atomic mass is 32.1. The Hall–Kier alpha value is -1.21. The van der Waals surface area contributed by atoms with Crippen LogP contribution in [-0.2, 0) is 11.2 Å². The zero-order chi connectivity index (χ0) is 20.6. The van der Waals surface area contributed by atoms with Gasteiger partial charge in [0, 0.05) is 36.8 Å². The first kappa shape index (κ1) is 20.4. The molecule has 3 fully saturated rings. The van der Waals surface area contributed by atoms with Gasteiger partial charge in [-0.05, 0) is 82.0 Å². The molecule has 2 aliphatic heterocycles. The van der Waals surface area contributed by atoms with Crippen molar-refractivity contribution in [3.63, 3.8) is 0 Å². The quantitative estimate of drug-likeness (QED) is 0.686. The van der Waals surface area contributed by atoms with Crippen LogP contribution in [0, 0.1) is 0 Å². The van der Waals surface area contributed by atoms with Gasteiger partial charge in [-0.3, -0.25) is 4.90 Å². The monoisotopic (exact) mass is 441 g/mol. The summed E-state index contributed by atoms with van der Waals surface area (Å²) in [6.45, 7) is 7.77. The van der Waals surface area contributed by atoms with Crippen molar-refractivity contribution < 1.29 is 9.47 Å². The Morgan fingerprint density at radius 3 is 2.65 bits per heavy atom. The molecule has 4 aliphatic rings. The molecule has 2 saturated heterocycles. The molecular weight excluding hydrogens is 406 g/mol. The molecule has 5 nitrogen and oxygen atoms in total. The van der Waals surface area contributed by atoms with E-state index in [0.29, 0.717) is 12.0 Å². The molecule has 168 valence electrons. The van der Waals surface area contributed by atoms with Gasteiger partial charge in [0.1, 0.15) is 10.6 Å². The van der Waals surface area contributed by atoms with Gasteiger partial charge >= 0.3 is 0 Å². The van der Waals surface area contributed by atoms with E-state index in [2.05, 4.69) is 15.9 Å². The minimum Gasteiger partial charge on any atom is -0.490 e. The number of hydrogen-bond acceptors (Lipinski definition) is 6. The highest BCUT2D eigenvalue weighted by Gasteiger charge is 2.33. The SMILES string of the molecule is c1cc(OC2CCC(N3CCOCC3)CC2)c2c3c(sc2n1)CC[C@@H]3CN1CCCC1. The lowest BCUT2D eigenvalue weighted by Crippen LogP contribution is -2.46. The third-order valence-corrected chi connectivity index (χ3v) is 9.15. The second-order valence-corrected chi connectivity index (χ2v) is 11.0. The average molecular weight is 442 g/mol. The fourth-order valence-electron chi connectivity index (χ4n) is 6.34. The fourth-order valence-corrected chi connectivity index (χ4v) is 7.60. The van der Waals surface area contributed by atoms with E-state index in [1.807, 2.05) is 17.5 Å². The van der Waals surface area contributed by atoms with Crippen LogP contribution in [0.5, 0.6) is 5.75 Å². The lowest BCUT2D eigenvalue weighted by atomic mass is 9.91. The van der Waals surface area contributed by atoms with Crippen molar-refractivity contribution in [2.75, 3.05) is 45.9 Å². The highest BCUT2D eigenvalue weighted by Crippen LogP contribution is 2.47. The van der Waals surface area contributed by atoms with Crippen molar-refractivity contribution in [3.8, 4) is 5.75 Å². The summed E-state index contributed by atoms with van der Waals surface area (Å²) in [6, 6.07) is 2.85. The van der Waals surface area contributed by atoms with Crippen molar-refractivity contribution in [1.29, 1.82) is 0 Å². The lowest BCUT2D eigenvalue weighted by Gasteiger charge is -2.38. The van der Waals surface area contributed by atoms with E-state index in [9.17, 15) is 0 Å². The van der Waals surface area contributed by atoms with Crippen molar-refractivity contribution in [3.05, 3.63) is 22.7 Å². The van der Waals surface area contributed by atoms with Gasteiger partial charge in [0.2, 0.25) is 0 Å². The molecular formula is C25H35N3O2S. The first-order chi connectivity index (χ1) is 15.3. The third kappa shape index (κ3) is 4.12. The van der Waals surface area contributed by atoms with Crippen LogP contribution < -0.4 is 4.74 Å². The van der Waals surface area contributed by atoms with Crippen molar-refractivity contribution in [2.45, 2.75) is 69.4 Å². The summed E-state index contributed by atoms with van der Waals surface area (Å²) in [4.78, 5) is 12.8. The Kier molecular flexibility index (Phi) is 5.90. The standard InChI is InChI=1S/C25H35N3O2S/c1-2-12-27(11-1)17-18-3-8-22-23(18)24-21(9-10-26-25(24)31-22)30-20-6-4-19(5-7-20)28-13-15-29-16-14-28/h9-10,18-20H,1-8,11-17H2/t18-,19?,20?/m1/s1. The van der Waals surface area contributed by atoms with E-state index in [1.165, 1.54) is 68.4 Å². The largest absolute Gasteiger partial charge is 0.490 e. The summed E-state index contributed by atoms with van der Waals surface area (Å²) in [5.74, 6) is 1.76. The van der Waals surface area contributed by atoms with E-state index in [4.69, 9.17) is 14.5 Å². The van der Waals surface area contributed by atoms with Crippen LogP contribution in [0.2, 0.25) is 0 Å². The molecule has 2 aliphatic carbocycles. The second-order valence-electron chi connectivity index (χ2n) is 9.87. The van der Waals surface area contributed by atoms with E-state index in [-0.39, 0.29) is 0 Å². The molecule has 31 heavy (non-hydrogen) atoms. The minimum atomic E-state index is 0.344. The van der Waals surface area contributed by atoms with Crippen LogP contribution >= 0.6 is 11.3 Å². The summed E-state index contributed by atoms with van der Waals surface area (Å²) in [6.07, 6.45) is 12.4. The molecule has 1 atom stereocenters. The van der Waals surface area contributed by atoms with Gasteiger partial charge < -0.3 is 14.4 Å². The number of pyridine rings is 1. The topological polar surface area (TPSA) is 37.8 Å². The Balaban J connectivity index is 1.18. The number of hydrogen-bond donors (Lipinski definition) is 0. The summed E-state index contributed by atoms with van der Waals surface area (Å²) in [5.41, 5.74) is 1.58. The second kappa shape index (κ2) is 8.97. The molecule has 0 radical (unpaired) electrons. The zero-order valence-corrected chi connectivity index (χ0v) is 19.4. The molecule has 0 spiro atoms. The van der Waals surface area contributed by atoms with Gasteiger partial charge in [-0.2, -0.15) is 0 Å². The van der Waals surface area contributed by atoms with Crippen molar-refractivity contribution >= 4 is 21.6 Å². The maximum absolute atomic E-state index is 6.72. The van der Waals surface area contributed by atoms with E-state index in [0.717, 1.165) is 50.9 Å². The van der Waals surface area contributed by atoms with E-state index in [1.54, 1.807) is 10.4 Å². The van der Waals surface area contributed by atoms with E-state index >= 15 is 0 Å². The number of ether oxygens (including phenoxy) is 2. The van der Waals surface area contributed by atoms with Gasteiger partial charge in [0.15, 0.2) is 0 Å². The molecule has 6 heteroatoms. The summed E-state index contributed by atoms with van der Waals surface area (Å²) in [7, 11) is 0. The molecule has 0 unspecified atom stereocenters. The predicted molar refractivity (Wildman–Crippen MR) is 125 cm³/mol. The van der Waals surface area contributed by atoms with Crippen LogP contribution in [0.1, 0.15) is 61.3 Å². The molecule has 6 rings (SSSR count). The smallest absolute Gasteiger partial charge is 0.131 e. The zero-order valence-electron chi connectivity index (χ0n) is 18.6. The molecule has 2 aromatic heterocycles. The number of rotatable bonds is 5. The Bertz CT molecular complexity index is 896. The van der Waals surface area contributed by atoms with Crippen LogP contribution in [0.15, 0.2) is 12.3 Å². The molecule has 1 saturated carbocycles. The minimum absolute atomic E-state index is 0.344. The number of fused-ring (bicyclic) bond motifs is 3. The molecule has 0 N–H and O–H groups in total. The molecule has 0 bridgehead atoms. The fraction of sp³-hybridized carbons (Fsp3) is 0.720. The molecule has 0 amide bonds. The third-order valence-electron chi connectivity index (χ3n) is 7.97. The van der Waals surface area contributed by atoms with Crippen LogP contribution in [0.25, 0.3) is 10.2 Å². The van der Waals surface area contributed by atoms with Gasteiger partial charge in [-0.25, -0.2) is 4.98 Å². The number of nitrogens with zero attached hydrogens (tertiary/aromatic N) is 3. The number of morpholine rings is 1. The maximum Gasteiger partial charge on any atom is 0.131 e. The van der Waals surface area contributed by atoms with Gasteiger partial charge in [0.25, 0.3) is 0 Å². The maximum atomic E-state index is 6.72. The van der Waals surface area contributed by atoms with Crippen LogP contribution in [0.3, 0.4) is 0 Å². The average Bonchev–Trinajstić information content (AvgIpc) is 3.54. The van der Waals surface area contributed by atoms with E-state index < -0.39 is 0 Å². The molecule has 0 aromatic carbocycles. The molecule has 4 heterocycles. The summed E-state index contributed by atoms with van der Waals surface area (Å²) < 4.78 is 12.3. The normalized spacial score (nSPS) is 30.1. The number of aryl methyl sites for hydroxylation is 1. The van der Waals surface area contributed by atoms with Gasteiger partial charge in [-0.15, -0.1) is 11.3 Å². The number of likely N-dealkylation sites (tertiary alicyclic amines) is 1. The van der Waals surface area contributed by atoms with Crippen molar-refractivity contribution in [2.24, 2.45) is 0 Å². The molecule has 2 aromatic rings. The van der Waals surface area contributed by atoms with Gasteiger partial charge in [-0.1, -0.05) is 0 Å². The predicted octanol–water partition coefficient (Wildman–Crippen LogP) is 4.44. The lowest BCUT2D eigenvalue weighted by molar-refractivity contribution is -0.000919. The Morgan fingerprint density at radius 1 is 1.03 bits per heavy atom. The van der Waals surface area contributed by atoms with Crippen LogP contribution in [-0.4, -0.2) is 72.9 Å². The highest BCUT2D eigenvalue weighted by molar-refractivity contribution is 7.19. The first-order valence-corrected chi connectivity index (χ1v) is 13.3. The number of aromatic nitrogens is 1. The van der Waals surface area contributed by atoms with Crippen LogP contribution in [0.4, 0.5) is 0 Å². The summed E-state index contributed by atoms with van der Waals surface area (Å²) in [5, 5.41) is 1.35. The van der Waals surface area contributed by atoms with Gasteiger partial charge in [0.05, 0.1) is 24.7 Å². The number of thiophene rings is 1. The Morgan fingerprint density at radius 2 is 1.84 bits per heavy atom. The first-order valence-electron chi connectivity index (χ1n) is 12.5. The van der Waals surface area contributed by atoms with Crippen molar-refractivity contribution in [1.82, 2.24) is 14.8 Å². The Labute approximate surface area is 189 Å². The summed E-state index contributed by atoms with van der Waals surface area (Å²) >= 11 is 1.92.